The first-order valence-electron chi connectivity index (χ1n) is 6.91. The molecular formula is C16H13FN2O3S. The summed E-state index contributed by atoms with van der Waals surface area (Å²) in [6, 6.07) is 10.4. The molecule has 0 spiro atoms. The number of nitro benzene ring substituents is 1. The van der Waals surface area contributed by atoms with Gasteiger partial charge in [-0.25, -0.2) is 4.39 Å². The van der Waals surface area contributed by atoms with E-state index in [1.54, 1.807) is 23.1 Å². The molecule has 2 aromatic rings. The third-order valence-corrected chi connectivity index (χ3v) is 4.90. The number of benzene rings is 2. The average molecular weight is 332 g/mol. The smallest absolute Gasteiger partial charge is 0.269 e. The van der Waals surface area contributed by atoms with Crippen LogP contribution in [0.4, 0.5) is 15.8 Å². The highest BCUT2D eigenvalue weighted by Gasteiger charge is 2.35. The molecule has 0 N–H and O–H groups in total. The van der Waals surface area contributed by atoms with Crippen molar-refractivity contribution in [2.45, 2.75) is 12.3 Å². The number of nitro groups is 1. The molecule has 3 rings (SSSR count). The van der Waals surface area contributed by atoms with Crippen LogP contribution in [-0.4, -0.2) is 16.6 Å². The molecule has 1 heterocycles. The Balaban J connectivity index is 1.99. The number of carbonyl (C=O) groups is 1. The molecule has 0 bridgehead atoms. The number of rotatable bonds is 3. The van der Waals surface area contributed by atoms with Crippen LogP contribution < -0.4 is 4.90 Å². The van der Waals surface area contributed by atoms with Gasteiger partial charge < -0.3 is 0 Å². The summed E-state index contributed by atoms with van der Waals surface area (Å²) in [5.41, 5.74) is 2.10. The number of non-ortho nitro benzene ring substituents is 1. The Hall–Kier alpha value is -2.41. The first-order valence-corrected chi connectivity index (χ1v) is 7.96. The van der Waals surface area contributed by atoms with Crippen molar-refractivity contribution < 1.29 is 14.1 Å². The highest BCUT2D eigenvalue weighted by Crippen LogP contribution is 2.43. The maximum atomic E-state index is 13.6. The Kier molecular flexibility index (Phi) is 4.04. The lowest BCUT2D eigenvalue weighted by Gasteiger charge is -2.25. The van der Waals surface area contributed by atoms with Crippen molar-refractivity contribution in [3.05, 3.63) is 69.5 Å². The zero-order valence-corrected chi connectivity index (χ0v) is 13.0. The minimum absolute atomic E-state index is 0.00319. The standard InChI is InChI=1S/C16H13FN2O3S/c1-10-2-5-12(17)8-14(10)18-15(20)9-23-16(18)11-3-6-13(7-4-11)19(21)22/h2-8,16H,9H2,1H3/t16-/m0/s1. The predicted molar refractivity (Wildman–Crippen MR) is 86.9 cm³/mol. The normalized spacial score (nSPS) is 17.6. The van der Waals surface area contributed by atoms with Gasteiger partial charge in [0.1, 0.15) is 11.2 Å². The molecule has 1 aliphatic rings. The van der Waals surface area contributed by atoms with Crippen molar-refractivity contribution in [2.75, 3.05) is 10.7 Å². The minimum atomic E-state index is -0.467. The topological polar surface area (TPSA) is 63.5 Å². The van der Waals surface area contributed by atoms with Gasteiger partial charge in [0.15, 0.2) is 0 Å². The van der Waals surface area contributed by atoms with Crippen molar-refractivity contribution in [3.8, 4) is 0 Å². The van der Waals surface area contributed by atoms with E-state index in [1.807, 2.05) is 6.92 Å². The number of thioether (sulfide) groups is 1. The van der Waals surface area contributed by atoms with Gasteiger partial charge in [-0.05, 0) is 42.3 Å². The van der Waals surface area contributed by atoms with Crippen LogP contribution >= 0.6 is 11.8 Å². The molecule has 0 aromatic heterocycles. The molecule has 5 nitrogen and oxygen atoms in total. The maximum absolute atomic E-state index is 13.6. The van der Waals surface area contributed by atoms with Gasteiger partial charge in [-0.2, -0.15) is 0 Å². The monoisotopic (exact) mass is 332 g/mol. The van der Waals surface area contributed by atoms with Crippen molar-refractivity contribution in [1.82, 2.24) is 0 Å². The fourth-order valence-electron chi connectivity index (χ4n) is 2.53. The van der Waals surface area contributed by atoms with Crippen LogP contribution in [0, 0.1) is 22.9 Å². The molecule has 0 radical (unpaired) electrons. The van der Waals surface area contributed by atoms with Crippen LogP contribution in [0.15, 0.2) is 42.5 Å². The number of amides is 1. The Morgan fingerprint density at radius 2 is 1.96 bits per heavy atom. The van der Waals surface area contributed by atoms with E-state index in [0.29, 0.717) is 5.69 Å². The zero-order valence-electron chi connectivity index (χ0n) is 12.2. The highest BCUT2D eigenvalue weighted by atomic mass is 32.2. The number of anilines is 1. The molecule has 118 valence electrons. The van der Waals surface area contributed by atoms with Gasteiger partial charge in [0.2, 0.25) is 5.91 Å². The molecule has 0 saturated carbocycles. The lowest BCUT2D eigenvalue weighted by molar-refractivity contribution is -0.384. The first kappa shape index (κ1) is 15.5. The number of halogens is 1. The summed E-state index contributed by atoms with van der Waals surface area (Å²) >= 11 is 1.42. The van der Waals surface area contributed by atoms with Crippen LogP contribution in [0.5, 0.6) is 0 Å². The molecule has 1 fully saturated rings. The van der Waals surface area contributed by atoms with Gasteiger partial charge in [-0.3, -0.25) is 19.8 Å². The number of hydrogen-bond donors (Lipinski definition) is 0. The average Bonchev–Trinajstić information content (AvgIpc) is 2.91. The fraction of sp³-hybridized carbons (Fsp3) is 0.188. The molecule has 1 aliphatic heterocycles. The largest absolute Gasteiger partial charge is 0.295 e. The molecular weight excluding hydrogens is 319 g/mol. The zero-order chi connectivity index (χ0) is 16.6. The quantitative estimate of drug-likeness (QED) is 0.633. The summed E-state index contributed by atoms with van der Waals surface area (Å²) in [4.78, 5) is 24.1. The van der Waals surface area contributed by atoms with Crippen LogP contribution in [-0.2, 0) is 4.79 Å². The van der Waals surface area contributed by atoms with Gasteiger partial charge in [-0.1, -0.05) is 6.07 Å². The number of nitrogens with zero attached hydrogens (tertiary/aromatic N) is 2. The van der Waals surface area contributed by atoms with Gasteiger partial charge in [0, 0.05) is 12.1 Å². The number of hydrogen-bond acceptors (Lipinski definition) is 4. The Morgan fingerprint density at radius 3 is 2.61 bits per heavy atom. The van der Waals surface area contributed by atoms with E-state index in [1.165, 1.54) is 36.0 Å². The summed E-state index contributed by atoms with van der Waals surface area (Å²) in [7, 11) is 0. The van der Waals surface area contributed by atoms with Crippen LogP contribution in [0.2, 0.25) is 0 Å². The predicted octanol–water partition coefficient (Wildman–Crippen LogP) is 3.82. The van der Waals surface area contributed by atoms with Crippen LogP contribution in [0.25, 0.3) is 0 Å². The number of carbonyl (C=O) groups excluding carboxylic acids is 1. The summed E-state index contributed by atoms with van der Waals surface area (Å²) < 4.78 is 13.6. The second kappa shape index (κ2) is 6.00. The van der Waals surface area contributed by atoms with E-state index in [-0.39, 0.29) is 22.7 Å². The van der Waals surface area contributed by atoms with Gasteiger partial charge in [0.25, 0.3) is 5.69 Å². The van der Waals surface area contributed by atoms with Crippen molar-refractivity contribution in [3.63, 3.8) is 0 Å². The van der Waals surface area contributed by atoms with Crippen LogP contribution in [0.1, 0.15) is 16.5 Å². The summed E-state index contributed by atoms with van der Waals surface area (Å²) in [6.45, 7) is 1.82. The van der Waals surface area contributed by atoms with Crippen LogP contribution in [0.3, 0.4) is 0 Å². The molecule has 1 saturated heterocycles. The molecule has 7 heteroatoms. The van der Waals surface area contributed by atoms with Gasteiger partial charge in [-0.15, -0.1) is 11.8 Å². The molecule has 0 unspecified atom stereocenters. The van der Waals surface area contributed by atoms with Crippen molar-refractivity contribution in [2.24, 2.45) is 0 Å². The van der Waals surface area contributed by atoms with E-state index in [9.17, 15) is 19.3 Å². The summed E-state index contributed by atoms with van der Waals surface area (Å²) in [5.74, 6) is -0.220. The molecule has 23 heavy (non-hydrogen) atoms. The third-order valence-electron chi connectivity index (χ3n) is 3.69. The molecule has 1 atom stereocenters. The van der Waals surface area contributed by atoms with Crippen molar-refractivity contribution >= 4 is 29.0 Å². The third kappa shape index (κ3) is 2.92. The van der Waals surface area contributed by atoms with Crippen molar-refractivity contribution in [1.29, 1.82) is 0 Å². The molecule has 1 amide bonds. The van der Waals surface area contributed by atoms with Gasteiger partial charge in [0.05, 0.1) is 16.4 Å². The lowest BCUT2D eigenvalue weighted by Crippen LogP contribution is -2.28. The van der Waals surface area contributed by atoms with E-state index >= 15 is 0 Å². The SMILES string of the molecule is Cc1ccc(F)cc1N1C(=O)CS[C@H]1c1ccc([N+](=O)[O-])cc1. The van der Waals surface area contributed by atoms with E-state index in [4.69, 9.17) is 0 Å². The Morgan fingerprint density at radius 1 is 1.26 bits per heavy atom. The van der Waals surface area contributed by atoms with E-state index in [2.05, 4.69) is 0 Å². The fourth-order valence-corrected chi connectivity index (χ4v) is 3.70. The highest BCUT2D eigenvalue weighted by molar-refractivity contribution is 8.00. The molecule has 0 aliphatic carbocycles. The number of aryl methyl sites for hydroxylation is 1. The summed E-state index contributed by atoms with van der Waals surface area (Å²) in [6.07, 6.45) is 0. The maximum Gasteiger partial charge on any atom is 0.269 e. The Labute approximate surface area is 136 Å². The van der Waals surface area contributed by atoms with Gasteiger partial charge >= 0.3 is 0 Å². The lowest BCUT2D eigenvalue weighted by atomic mass is 10.1. The summed E-state index contributed by atoms with van der Waals surface area (Å²) in [5, 5.41) is 10.4. The first-order chi connectivity index (χ1) is 11.0. The second-order valence-electron chi connectivity index (χ2n) is 5.21. The molecule has 2 aromatic carbocycles. The second-order valence-corrected chi connectivity index (χ2v) is 6.28. The minimum Gasteiger partial charge on any atom is -0.295 e. The van der Waals surface area contributed by atoms with E-state index in [0.717, 1.165) is 11.1 Å². The van der Waals surface area contributed by atoms with E-state index < -0.39 is 10.7 Å². The Bertz CT molecular complexity index is 779.